The molecule has 3 rings (SSSR count). The number of hydrogen-bond acceptors (Lipinski definition) is 3. The zero-order chi connectivity index (χ0) is 14.1. The van der Waals surface area contributed by atoms with Gasteiger partial charge in [0.05, 0.1) is 18.1 Å². The van der Waals surface area contributed by atoms with Gasteiger partial charge in [-0.3, -0.25) is 9.69 Å². The maximum Gasteiger partial charge on any atom is 0.226 e. The van der Waals surface area contributed by atoms with Crippen LogP contribution in [0, 0.1) is 11.8 Å². The van der Waals surface area contributed by atoms with Gasteiger partial charge in [-0.2, -0.15) is 0 Å². The number of nitrogens with one attached hydrogen (secondary N) is 1. The van der Waals surface area contributed by atoms with Crippen LogP contribution in [0.4, 0.5) is 0 Å². The molecule has 2 bridgehead atoms. The third-order valence-electron chi connectivity index (χ3n) is 5.04. The van der Waals surface area contributed by atoms with Crippen molar-refractivity contribution in [3.8, 4) is 0 Å². The summed E-state index contributed by atoms with van der Waals surface area (Å²) in [7, 11) is 0. The monoisotopic (exact) mass is 280 g/mol. The maximum absolute atomic E-state index is 12.4. The molecule has 2 heterocycles. The van der Waals surface area contributed by atoms with Crippen LogP contribution in [0.15, 0.2) is 0 Å². The number of nitrogens with zero attached hydrogens (tertiary/aromatic N) is 1. The Morgan fingerprint density at radius 1 is 1.35 bits per heavy atom. The lowest BCUT2D eigenvalue weighted by molar-refractivity contribution is -0.129. The Hall–Kier alpha value is -0.610. The lowest BCUT2D eigenvalue weighted by Gasteiger charge is -2.33. The summed E-state index contributed by atoms with van der Waals surface area (Å²) in [6.45, 7) is 7.63. The van der Waals surface area contributed by atoms with Gasteiger partial charge in [0.1, 0.15) is 0 Å². The van der Waals surface area contributed by atoms with E-state index in [4.69, 9.17) is 4.74 Å². The van der Waals surface area contributed by atoms with Crippen molar-refractivity contribution in [3.05, 3.63) is 0 Å². The summed E-state index contributed by atoms with van der Waals surface area (Å²) in [5.41, 5.74) is 0. The molecule has 3 aliphatic rings. The fourth-order valence-corrected chi connectivity index (χ4v) is 3.50. The highest BCUT2D eigenvalue weighted by molar-refractivity contribution is 5.80. The molecule has 20 heavy (non-hydrogen) atoms. The molecule has 4 heteroatoms. The van der Waals surface area contributed by atoms with E-state index in [1.165, 1.54) is 12.8 Å². The molecule has 0 aromatic heterocycles. The Bertz CT molecular complexity index is 354. The van der Waals surface area contributed by atoms with Crippen LogP contribution in [-0.4, -0.2) is 48.7 Å². The van der Waals surface area contributed by atoms with E-state index in [2.05, 4.69) is 24.1 Å². The third kappa shape index (κ3) is 3.17. The molecule has 1 N–H and O–H groups in total. The fraction of sp³-hybridized carbons (Fsp3) is 0.938. The van der Waals surface area contributed by atoms with Crippen LogP contribution in [-0.2, 0) is 9.53 Å². The molecular formula is C16H28N2O2. The molecule has 1 saturated carbocycles. The number of rotatable bonds is 5. The first-order valence-electron chi connectivity index (χ1n) is 8.30. The summed E-state index contributed by atoms with van der Waals surface area (Å²) in [6.07, 6.45) is 6.14. The second kappa shape index (κ2) is 6.02. The average Bonchev–Trinajstić information content (AvgIpc) is 2.66. The largest absolute Gasteiger partial charge is 0.371 e. The van der Waals surface area contributed by atoms with Gasteiger partial charge in [-0.1, -0.05) is 13.8 Å². The van der Waals surface area contributed by atoms with Crippen LogP contribution in [0.3, 0.4) is 0 Å². The van der Waals surface area contributed by atoms with E-state index in [1.807, 2.05) is 0 Å². The summed E-state index contributed by atoms with van der Waals surface area (Å²) in [5, 5.41) is 3.20. The Labute approximate surface area is 122 Å². The number of carbonyl (C=O) groups is 1. The number of ether oxygens (including phenoxy) is 1. The molecule has 1 amide bonds. The molecule has 0 aromatic rings. The summed E-state index contributed by atoms with van der Waals surface area (Å²) in [4.78, 5) is 14.8. The van der Waals surface area contributed by atoms with Gasteiger partial charge in [0, 0.05) is 19.1 Å². The van der Waals surface area contributed by atoms with Gasteiger partial charge in [-0.25, -0.2) is 0 Å². The topological polar surface area (TPSA) is 41.6 Å². The summed E-state index contributed by atoms with van der Waals surface area (Å²) < 4.78 is 6.00. The summed E-state index contributed by atoms with van der Waals surface area (Å²) >= 11 is 0. The standard InChI is InChI=1S/C16H28N2O2/c1-11(2)6-7-18-9-13-8-14(15(10-18)20-13)16(19)17-12-4-3-5-12/h11-15H,3-10H2,1-2H3,(H,17,19)/t13-,14-,15-/m1/s1. The molecule has 2 saturated heterocycles. The SMILES string of the molecule is CC(C)CCN1C[C@H]2C[C@@H](C(=O)NC3CCC3)[C@@H](C1)O2. The summed E-state index contributed by atoms with van der Waals surface area (Å²) in [5.74, 6) is 1.07. The Kier molecular flexibility index (Phi) is 4.32. The predicted molar refractivity (Wildman–Crippen MR) is 78.4 cm³/mol. The molecular weight excluding hydrogens is 252 g/mol. The van der Waals surface area contributed by atoms with Crippen molar-refractivity contribution in [2.45, 2.75) is 64.2 Å². The Balaban J connectivity index is 1.51. The van der Waals surface area contributed by atoms with Crippen LogP contribution in [0.25, 0.3) is 0 Å². The predicted octanol–water partition coefficient (Wildman–Crippen LogP) is 1.79. The van der Waals surface area contributed by atoms with Gasteiger partial charge < -0.3 is 10.1 Å². The lowest BCUT2D eigenvalue weighted by Crippen LogP contribution is -2.48. The quantitative estimate of drug-likeness (QED) is 0.835. The van der Waals surface area contributed by atoms with E-state index >= 15 is 0 Å². The molecule has 0 radical (unpaired) electrons. The van der Waals surface area contributed by atoms with Crippen LogP contribution in [0.5, 0.6) is 0 Å². The molecule has 0 unspecified atom stereocenters. The Morgan fingerprint density at radius 3 is 2.80 bits per heavy atom. The van der Waals surface area contributed by atoms with Crippen LogP contribution in [0.2, 0.25) is 0 Å². The average molecular weight is 280 g/mol. The number of amides is 1. The van der Waals surface area contributed by atoms with Gasteiger partial charge in [0.25, 0.3) is 0 Å². The molecule has 3 fully saturated rings. The minimum absolute atomic E-state index is 0.0876. The minimum atomic E-state index is 0.0876. The molecule has 1 aliphatic carbocycles. The van der Waals surface area contributed by atoms with Crippen molar-refractivity contribution < 1.29 is 9.53 Å². The molecule has 2 aliphatic heterocycles. The van der Waals surface area contributed by atoms with Crippen LogP contribution in [0.1, 0.15) is 46.0 Å². The first kappa shape index (κ1) is 14.3. The second-order valence-electron chi connectivity index (χ2n) is 7.22. The number of fused-ring (bicyclic) bond motifs is 2. The van der Waals surface area contributed by atoms with Gasteiger partial charge in [-0.15, -0.1) is 0 Å². The second-order valence-corrected chi connectivity index (χ2v) is 7.22. The van der Waals surface area contributed by atoms with Crippen molar-refractivity contribution >= 4 is 5.91 Å². The zero-order valence-corrected chi connectivity index (χ0v) is 12.8. The van der Waals surface area contributed by atoms with Crippen molar-refractivity contribution in [1.29, 1.82) is 0 Å². The van der Waals surface area contributed by atoms with Crippen molar-refractivity contribution in [3.63, 3.8) is 0 Å². The fourth-order valence-electron chi connectivity index (χ4n) is 3.50. The molecule has 114 valence electrons. The van der Waals surface area contributed by atoms with Crippen LogP contribution < -0.4 is 5.32 Å². The van der Waals surface area contributed by atoms with E-state index in [1.54, 1.807) is 0 Å². The van der Waals surface area contributed by atoms with E-state index in [0.29, 0.717) is 6.04 Å². The molecule has 0 spiro atoms. The highest BCUT2D eigenvalue weighted by atomic mass is 16.5. The van der Waals surface area contributed by atoms with E-state index in [-0.39, 0.29) is 24.0 Å². The van der Waals surface area contributed by atoms with Crippen LogP contribution >= 0.6 is 0 Å². The molecule has 0 aromatic carbocycles. The third-order valence-corrected chi connectivity index (χ3v) is 5.04. The van der Waals surface area contributed by atoms with Crippen molar-refractivity contribution in [2.75, 3.05) is 19.6 Å². The van der Waals surface area contributed by atoms with Crippen molar-refractivity contribution in [1.82, 2.24) is 10.2 Å². The van der Waals surface area contributed by atoms with Crippen molar-refractivity contribution in [2.24, 2.45) is 11.8 Å². The first-order chi connectivity index (χ1) is 9.61. The van der Waals surface area contributed by atoms with E-state index < -0.39 is 0 Å². The molecule has 3 atom stereocenters. The summed E-state index contributed by atoms with van der Waals surface area (Å²) in [6, 6.07) is 0.444. The highest BCUT2D eigenvalue weighted by Crippen LogP contribution is 2.33. The maximum atomic E-state index is 12.4. The number of carbonyl (C=O) groups excluding carboxylic acids is 1. The first-order valence-corrected chi connectivity index (χ1v) is 8.30. The minimum Gasteiger partial charge on any atom is -0.371 e. The Morgan fingerprint density at radius 2 is 2.15 bits per heavy atom. The van der Waals surface area contributed by atoms with Gasteiger partial charge in [-0.05, 0) is 44.6 Å². The number of morpholine rings is 1. The zero-order valence-electron chi connectivity index (χ0n) is 12.8. The smallest absolute Gasteiger partial charge is 0.226 e. The highest BCUT2D eigenvalue weighted by Gasteiger charge is 2.44. The number of hydrogen-bond donors (Lipinski definition) is 1. The number of likely N-dealkylation sites (tertiary alicyclic amines) is 1. The normalized spacial score (nSPS) is 34.2. The van der Waals surface area contributed by atoms with E-state index in [9.17, 15) is 4.79 Å². The van der Waals surface area contributed by atoms with Gasteiger partial charge in [0.15, 0.2) is 0 Å². The lowest BCUT2D eigenvalue weighted by atomic mass is 9.91. The van der Waals surface area contributed by atoms with Gasteiger partial charge >= 0.3 is 0 Å². The van der Waals surface area contributed by atoms with E-state index in [0.717, 1.165) is 44.8 Å². The van der Waals surface area contributed by atoms with Gasteiger partial charge in [0.2, 0.25) is 5.91 Å². The molecule has 4 nitrogen and oxygen atoms in total.